The molecule has 8 heteroatoms. The van der Waals surface area contributed by atoms with E-state index in [2.05, 4.69) is 25.2 Å². The highest BCUT2D eigenvalue weighted by Crippen LogP contribution is 2.25. The van der Waals surface area contributed by atoms with E-state index in [4.69, 9.17) is 11.6 Å². The number of aromatic nitrogens is 5. The van der Waals surface area contributed by atoms with Crippen molar-refractivity contribution in [2.75, 3.05) is 18.0 Å². The first kappa shape index (κ1) is 15.3. The molecular formula is C16H16ClFN6. The molecule has 0 atom stereocenters. The van der Waals surface area contributed by atoms with Crippen LogP contribution >= 0.6 is 11.6 Å². The Bertz CT molecular complexity index is 854. The van der Waals surface area contributed by atoms with Gasteiger partial charge in [-0.15, -0.1) is 5.10 Å². The van der Waals surface area contributed by atoms with Gasteiger partial charge in [-0.1, -0.05) is 22.9 Å². The molecule has 0 amide bonds. The molecule has 1 aliphatic rings. The number of nitrogens with zero attached hydrogens (tertiary/aromatic N) is 6. The zero-order valence-electron chi connectivity index (χ0n) is 13.0. The number of hydrogen-bond donors (Lipinski definition) is 0. The largest absolute Gasteiger partial charge is 0.355 e. The maximum absolute atomic E-state index is 14.0. The Hall–Kier alpha value is -2.28. The maximum Gasteiger partial charge on any atom is 0.184 e. The minimum atomic E-state index is -0.364. The van der Waals surface area contributed by atoms with Gasteiger partial charge in [0.05, 0.1) is 6.54 Å². The van der Waals surface area contributed by atoms with Gasteiger partial charge in [-0.25, -0.2) is 19.0 Å². The van der Waals surface area contributed by atoms with E-state index in [-0.39, 0.29) is 12.4 Å². The average molecular weight is 347 g/mol. The molecule has 24 heavy (non-hydrogen) atoms. The number of piperidine rings is 1. The standard InChI is InChI=1S/C16H16ClFN6/c17-12-5-4-6-13(18)11(12)9-24-16-14(21-22-24)15(19-10-20-16)23-7-2-1-3-8-23/h4-6,10H,1-3,7-9H2. The fourth-order valence-corrected chi connectivity index (χ4v) is 3.28. The molecule has 4 rings (SSSR count). The zero-order chi connectivity index (χ0) is 16.5. The van der Waals surface area contributed by atoms with Crippen molar-refractivity contribution in [3.63, 3.8) is 0 Å². The van der Waals surface area contributed by atoms with Crippen LogP contribution in [-0.4, -0.2) is 38.1 Å². The van der Waals surface area contributed by atoms with Crippen LogP contribution in [0, 0.1) is 5.82 Å². The Labute approximate surface area is 143 Å². The van der Waals surface area contributed by atoms with Crippen molar-refractivity contribution in [3.8, 4) is 0 Å². The van der Waals surface area contributed by atoms with Crippen LogP contribution in [0.15, 0.2) is 24.5 Å². The molecule has 0 aliphatic carbocycles. The van der Waals surface area contributed by atoms with E-state index in [1.807, 2.05) is 0 Å². The van der Waals surface area contributed by atoms with Crippen molar-refractivity contribution in [1.29, 1.82) is 0 Å². The molecule has 3 heterocycles. The van der Waals surface area contributed by atoms with Gasteiger partial charge in [-0.3, -0.25) is 0 Å². The Morgan fingerprint density at radius 2 is 1.96 bits per heavy atom. The summed E-state index contributed by atoms with van der Waals surface area (Å²) in [7, 11) is 0. The summed E-state index contributed by atoms with van der Waals surface area (Å²) in [5.41, 5.74) is 1.61. The summed E-state index contributed by atoms with van der Waals surface area (Å²) in [5.74, 6) is 0.432. The van der Waals surface area contributed by atoms with Crippen LogP contribution in [-0.2, 0) is 6.54 Å². The van der Waals surface area contributed by atoms with Crippen molar-refractivity contribution >= 4 is 28.6 Å². The Morgan fingerprint density at radius 3 is 2.75 bits per heavy atom. The Morgan fingerprint density at radius 1 is 1.12 bits per heavy atom. The number of benzene rings is 1. The van der Waals surface area contributed by atoms with E-state index in [1.165, 1.54) is 18.8 Å². The number of halogens is 2. The summed E-state index contributed by atoms with van der Waals surface area (Å²) >= 11 is 6.11. The summed E-state index contributed by atoms with van der Waals surface area (Å²) in [6.45, 7) is 2.09. The molecule has 0 saturated carbocycles. The third-order valence-corrected chi connectivity index (χ3v) is 4.66. The molecule has 1 aliphatic heterocycles. The van der Waals surface area contributed by atoms with Gasteiger partial charge >= 0.3 is 0 Å². The summed E-state index contributed by atoms with van der Waals surface area (Å²) in [6, 6.07) is 4.62. The molecule has 0 unspecified atom stereocenters. The van der Waals surface area contributed by atoms with Gasteiger partial charge in [0.25, 0.3) is 0 Å². The van der Waals surface area contributed by atoms with Gasteiger partial charge in [-0.05, 0) is 31.4 Å². The quantitative estimate of drug-likeness (QED) is 0.729. The summed E-state index contributed by atoms with van der Waals surface area (Å²) in [5, 5.41) is 8.74. The van der Waals surface area contributed by atoms with E-state index < -0.39 is 0 Å². The monoisotopic (exact) mass is 346 g/mol. The van der Waals surface area contributed by atoms with E-state index >= 15 is 0 Å². The Balaban J connectivity index is 1.73. The highest BCUT2D eigenvalue weighted by Gasteiger charge is 2.20. The van der Waals surface area contributed by atoms with Gasteiger partial charge < -0.3 is 4.90 Å². The van der Waals surface area contributed by atoms with E-state index in [0.29, 0.717) is 21.7 Å². The molecule has 1 fully saturated rings. The van der Waals surface area contributed by atoms with Crippen molar-refractivity contribution in [2.45, 2.75) is 25.8 Å². The molecule has 0 bridgehead atoms. The van der Waals surface area contributed by atoms with Crippen LogP contribution in [0.2, 0.25) is 5.02 Å². The lowest BCUT2D eigenvalue weighted by molar-refractivity contribution is 0.574. The van der Waals surface area contributed by atoms with Crippen molar-refractivity contribution in [3.05, 3.63) is 40.9 Å². The molecule has 124 valence electrons. The predicted molar refractivity (Wildman–Crippen MR) is 89.7 cm³/mol. The second-order valence-electron chi connectivity index (χ2n) is 5.86. The van der Waals surface area contributed by atoms with Crippen LogP contribution < -0.4 is 4.90 Å². The minimum Gasteiger partial charge on any atom is -0.355 e. The predicted octanol–water partition coefficient (Wildman–Crippen LogP) is 3.05. The molecule has 1 saturated heterocycles. The van der Waals surface area contributed by atoms with Crippen LogP contribution in [0.4, 0.5) is 10.2 Å². The molecule has 3 aromatic rings. The third-order valence-electron chi connectivity index (χ3n) is 4.31. The second kappa shape index (κ2) is 6.32. The fourth-order valence-electron chi connectivity index (χ4n) is 3.06. The molecule has 0 spiro atoms. The molecule has 6 nitrogen and oxygen atoms in total. The van der Waals surface area contributed by atoms with Crippen molar-refractivity contribution in [1.82, 2.24) is 25.0 Å². The molecule has 1 aromatic carbocycles. The van der Waals surface area contributed by atoms with Gasteiger partial charge in [0.2, 0.25) is 0 Å². The molecule has 0 radical (unpaired) electrons. The lowest BCUT2D eigenvalue weighted by Crippen LogP contribution is -2.30. The van der Waals surface area contributed by atoms with Crippen molar-refractivity contribution in [2.24, 2.45) is 0 Å². The van der Waals surface area contributed by atoms with Crippen LogP contribution in [0.1, 0.15) is 24.8 Å². The number of fused-ring (bicyclic) bond motifs is 1. The Kier molecular flexibility index (Phi) is 4.02. The van der Waals surface area contributed by atoms with Crippen LogP contribution in [0.25, 0.3) is 11.2 Å². The molecule has 0 N–H and O–H groups in total. The molecule has 2 aromatic heterocycles. The SMILES string of the molecule is Fc1cccc(Cl)c1Cn1nnc2c(N3CCCCC3)ncnc21. The number of anilines is 1. The lowest BCUT2D eigenvalue weighted by atomic mass is 10.1. The van der Waals surface area contributed by atoms with Crippen LogP contribution in [0.3, 0.4) is 0 Å². The van der Waals surface area contributed by atoms with Gasteiger partial charge in [0.15, 0.2) is 17.0 Å². The second-order valence-corrected chi connectivity index (χ2v) is 6.27. The fraction of sp³-hybridized carbons (Fsp3) is 0.375. The van der Waals surface area contributed by atoms with Crippen LogP contribution in [0.5, 0.6) is 0 Å². The van der Waals surface area contributed by atoms with Gasteiger partial charge in [-0.2, -0.15) is 0 Å². The smallest absolute Gasteiger partial charge is 0.184 e. The highest BCUT2D eigenvalue weighted by atomic mass is 35.5. The topological polar surface area (TPSA) is 59.7 Å². The first-order valence-corrected chi connectivity index (χ1v) is 8.34. The summed E-state index contributed by atoms with van der Waals surface area (Å²) in [6.07, 6.45) is 5.03. The summed E-state index contributed by atoms with van der Waals surface area (Å²) in [4.78, 5) is 10.9. The zero-order valence-corrected chi connectivity index (χ0v) is 13.7. The number of rotatable bonds is 3. The number of hydrogen-bond acceptors (Lipinski definition) is 5. The lowest BCUT2D eigenvalue weighted by Gasteiger charge is -2.27. The molecular weight excluding hydrogens is 331 g/mol. The minimum absolute atomic E-state index is 0.179. The van der Waals surface area contributed by atoms with Gasteiger partial charge in [0.1, 0.15) is 12.1 Å². The highest BCUT2D eigenvalue weighted by molar-refractivity contribution is 6.31. The van der Waals surface area contributed by atoms with E-state index in [9.17, 15) is 4.39 Å². The maximum atomic E-state index is 14.0. The first-order valence-electron chi connectivity index (χ1n) is 7.96. The van der Waals surface area contributed by atoms with E-state index in [1.54, 1.807) is 16.8 Å². The van der Waals surface area contributed by atoms with E-state index in [0.717, 1.165) is 31.7 Å². The third kappa shape index (κ3) is 2.69. The normalized spacial score (nSPS) is 15.2. The van der Waals surface area contributed by atoms with Gasteiger partial charge in [0, 0.05) is 23.7 Å². The first-order chi connectivity index (χ1) is 11.7. The van der Waals surface area contributed by atoms with Crippen molar-refractivity contribution < 1.29 is 4.39 Å². The summed E-state index contributed by atoms with van der Waals surface area (Å²) < 4.78 is 15.6. The average Bonchev–Trinajstić information content (AvgIpc) is 3.02.